The van der Waals surface area contributed by atoms with Gasteiger partial charge in [0.2, 0.25) is 5.89 Å². The number of nitrogens with zero attached hydrogens (tertiary/aromatic N) is 3. The van der Waals surface area contributed by atoms with Gasteiger partial charge in [-0.2, -0.15) is 4.98 Å². The number of aromatic nitrogens is 2. The monoisotopic (exact) mass is 199 g/mol. The van der Waals surface area contributed by atoms with E-state index in [0.29, 0.717) is 24.8 Å². The zero-order chi connectivity index (χ0) is 10.6. The third-order valence-electron chi connectivity index (χ3n) is 1.80. The van der Waals surface area contributed by atoms with Crippen molar-refractivity contribution in [2.24, 2.45) is 0 Å². The molecule has 80 valence electrons. The molecule has 14 heavy (non-hydrogen) atoms. The molecule has 0 radical (unpaired) electrons. The van der Waals surface area contributed by atoms with E-state index < -0.39 is 0 Å². The van der Waals surface area contributed by atoms with Crippen molar-refractivity contribution in [3.05, 3.63) is 11.7 Å². The molecule has 1 unspecified atom stereocenters. The summed E-state index contributed by atoms with van der Waals surface area (Å²) in [6, 6.07) is 0. The molecule has 0 fully saturated rings. The summed E-state index contributed by atoms with van der Waals surface area (Å²) in [5.74, 6) is 1.33. The standard InChI is InChI=1S/C9H17N3O2/c1-4-9-10-8(11-14-9)6-12(3)5-7(2)13/h7,13H,4-6H2,1-3H3. The van der Waals surface area contributed by atoms with Crippen LogP contribution in [0.5, 0.6) is 0 Å². The van der Waals surface area contributed by atoms with Crippen LogP contribution in [-0.2, 0) is 13.0 Å². The van der Waals surface area contributed by atoms with E-state index in [0.717, 1.165) is 6.42 Å². The minimum Gasteiger partial charge on any atom is -0.392 e. The Morgan fingerprint density at radius 1 is 1.57 bits per heavy atom. The van der Waals surface area contributed by atoms with E-state index >= 15 is 0 Å². The Morgan fingerprint density at radius 2 is 2.29 bits per heavy atom. The SMILES string of the molecule is CCc1nc(CN(C)CC(C)O)no1. The topological polar surface area (TPSA) is 62.4 Å². The van der Waals surface area contributed by atoms with E-state index in [1.165, 1.54) is 0 Å². The highest BCUT2D eigenvalue weighted by molar-refractivity contribution is 4.85. The molecule has 0 amide bonds. The maximum absolute atomic E-state index is 9.15. The van der Waals surface area contributed by atoms with E-state index in [4.69, 9.17) is 9.63 Å². The van der Waals surface area contributed by atoms with Crippen molar-refractivity contribution >= 4 is 0 Å². The van der Waals surface area contributed by atoms with Gasteiger partial charge in [0.15, 0.2) is 5.82 Å². The van der Waals surface area contributed by atoms with Gasteiger partial charge >= 0.3 is 0 Å². The molecule has 0 aliphatic heterocycles. The third kappa shape index (κ3) is 3.43. The predicted octanol–water partition coefficient (Wildman–Crippen LogP) is 0.445. The molecule has 5 heteroatoms. The van der Waals surface area contributed by atoms with Crippen molar-refractivity contribution in [1.82, 2.24) is 15.0 Å². The maximum Gasteiger partial charge on any atom is 0.226 e. The van der Waals surface area contributed by atoms with Crippen molar-refractivity contribution in [1.29, 1.82) is 0 Å². The van der Waals surface area contributed by atoms with E-state index in [1.807, 2.05) is 18.9 Å². The van der Waals surface area contributed by atoms with Gasteiger partial charge in [0.1, 0.15) is 0 Å². The van der Waals surface area contributed by atoms with Crippen LogP contribution >= 0.6 is 0 Å². The smallest absolute Gasteiger partial charge is 0.226 e. The number of aliphatic hydroxyl groups excluding tert-OH is 1. The molecule has 1 aromatic rings. The Hall–Kier alpha value is -0.940. The van der Waals surface area contributed by atoms with Gasteiger partial charge in [-0.05, 0) is 14.0 Å². The first-order valence-corrected chi connectivity index (χ1v) is 4.80. The van der Waals surface area contributed by atoms with Gasteiger partial charge < -0.3 is 9.63 Å². The fraction of sp³-hybridized carbons (Fsp3) is 0.778. The van der Waals surface area contributed by atoms with Crippen LogP contribution in [-0.4, -0.2) is 39.8 Å². The van der Waals surface area contributed by atoms with Gasteiger partial charge in [-0.3, -0.25) is 4.90 Å². The lowest BCUT2D eigenvalue weighted by Gasteiger charge is -2.15. The van der Waals surface area contributed by atoms with Crippen molar-refractivity contribution in [2.75, 3.05) is 13.6 Å². The number of aliphatic hydroxyl groups is 1. The third-order valence-corrected chi connectivity index (χ3v) is 1.80. The van der Waals surface area contributed by atoms with E-state index in [2.05, 4.69) is 10.1 Å². The average Bonchev–Trinajstić information content (AvgIpc) is 2.50. The van der Waals surface area contributed by atoms with E-state index in [9.17, 15) is 0 Å². The normalized spacial score (nSPS) is 13.5. The second-order valence-corrected chi connectivity index (χ2v) is 3.50. The van der Waals surface area contributed by atoms with Gasteiger partial charge in [0.05, 0.1) is 12.6 Å². The van der Waals surface area contributed by atoms with Crippen LogP contribution in [0.1, 0.15) is 25.6 Å². The number of hydrogen-bond acceptors (Lipinski definition) is 5. The minimum atomic E-state index is -0.336. The highest BCUT2D eigenvalue weighted by Gasteiger charge is 2.08. The molecule has 0 spiro atoms. The number of rotatable bonds is 5. The first-order valence-electron chi connectivity index (χ1n) is 4.80. The van der Waals surface area contributed by atoms with Gasteiger partial charge in [-0.25, -0.2) is 0 Å². The Labute approximate surface area is 83.7 Å². The molecule has 1 atom stereocenters. The lowest BCUT2D eigenvalue weighted by atomic mass is 10.3. The quantitative estimate of drug-likeness (QED) is 0.745. The molecule has 1 rings (SSSR count). The highest BCUT2D eigenvalue weighted by atomic mass is 16.5. The molecule has 0 bridgehead atoms. The Morgan fingerprint density at radius 3 is 2.79 bits per heavy atom. The first kappa shape index (κ1) is 11.1. The fourth-order valence-corrected chi connectivity index (χ4v) is 1.26. The Balaban J connectivity index is 2.43. The molecule has 0 saturated heterocycles. The average molecular weight is 199 g/mol. The summed E-state index contributed by atoms with van der Waals surface area (Å²) in [5.41, 5.74) is 0. The van der Waals surface area contributed by atoms with Crippen LogP contribution in [0.25, 0.3) is 0 Å². The van der Waals surface area contributed by atoms with Crippen LogP contribution in [0.15, 0.2) is 4.52 Å². The molecule has 0 aromatic carbocycles. The first-order chi connectivity index (χ1) is 6.61. The van der Waals surface area contributed by atoms with Crippen LogP contribution in [0.4, 0.5) is 0 Å². The number of hydrogen-bond donors (Lipinski definition) is 1. The molecule has 0 aliphatic rings. The maximum atomic E-state index is 9.15. The van der Waals surface area contributed by atoms with E-state index in [-0.39, 0.29) is 6.10 Å². The van der Waals surface area contributed by atoms with Gasteiger partial charge in [-0.15, -0.1) is 0 Å². The summed E-state index contributed by atoms with van der Waals surface area (Å²) >= 11 is 0. The van der Waals surface area contributed by atoms with E-state index in [1.54, 1.807) is 6.92 Å². The van der Waals surface area contributed by atoms with Gasteiger partial charge in [0, 0.05) is 13.0 Å². The number of aryl methyl sites for hydroxylation is 1. The summed E-state index contributed by atoms with van der Waals surface area (Å²) < 4.78 is 4.97. The Bertz CT molecular complexity index is 273. The summed E-state index contributed by atoms with van der Waals surface area (Å²) in [6.07, 6.45) is 0.421. The molecule has 5 nitrogen and oxygen atoms in total. The Kier molecular flexibility index (Phi) is 4.03. The highest BCUT2D eigenvalue weighted by Crippen LogP contribution is 2.01. The van der Waals surface area contributed by atoms with Crippen molar-refractivity contribution in [3.8, 4) is 0 Å². The molecule has 1 heterocycles. The molecule has 0 aliphatic carbocycles. The van der Waals surface area contributed by atoms with Gasteiger partial charge in [0.25, 0.3) is 0 Å². The molecular weight excluding hydrogens is 182 g/mol. The van der Waals surface area contributed by atoms with Gasteiger partial charge in [-0.1, -0.05) is 12.1 Å². The second kappa shape index (κ2) is 5.07. The largest absolute Gasteiger partial charge is 0.392 e. The van der Waals surface area contributed by atoms with Crippen molar-refractivity contribution in [2.45, 2.75) is 32.9 Å². The van der Waals surface area contributed by atoms with Crippen molar-refractivity contribution < 1.29 is 9.63 Å². The predicted molar refractivity (Wildman–Crippen MR) is 51.7 cm³/mol. The molecule has 1 aromatic heterocycles. The zero-order valence-corrected chi connectivity index (χ0v) is 8.90. The van der Waals surface area contributed by atoms with Crippen LogP contribution in [0.3, 0.4) is 0 Å². The minimum absolute atomic E-state index is 0.336. The molecule has 0 saturated carbocycles. The van der Waals surface area contributed by atoms with Crippen molar-refractivity contribution in [3.63, 3.8) is 0 Å². The second-order valence-electron chi connectivity index (χ2n) is 3.50. The number of likely N-dealkylation sites (N-methyl/N-ethyl adjacent to an activating group) is 1. The summed E-state index contributed by atoms with van der Waals surface area (Å²) in [5, 5.41) is 13.0. The van der Waals surface area contributed by atoms with Crippen LogP contribution in [0, 0.1) is 0 Å². The lowest BCUT2D eigenvalue weighted by Crippen LogP contribution is -2.27. The lowest BCUT2D eigenvalue weighted by molar-refractivity contribution is 0.136. The summed E-state index contributed by atoms with van der Waals surface area (Å²) in [7, 11) is 1.91. The van der Waals surface area contributed by atoms with Crippen LogP contribution < -0.4 is 0 Å². The molecule has 1 N–H and O–H groups in total. The molecular formula is C9H17N3O2. The fourth-order valence-electron chi connectivity index (χ4n) is 1.26. The summed E-state index contributed by atoms with van der Waals surface area (Å²) in [4.78, 5) is 6.13. The van der Waals surface area contributed by atoms with Crippen LogP contribution in [0.2, 0.25) is 0 Å². The summed E-state index contributed by atoms with van der Waals surface area (Å²) in [6.45, 7) is 4.94. The zero-order valence-electron chi connectivity index (χ0n) is 8.90.